The van der Waals surface area contributed by atoms with Gasteiger partial charge in [0.1, 0.15) is 0 Å². The van der Waals surface area contributed by atoms with Crippen molar-refractivity contribution < 1.29 is 3.07 Å². The molecule has 0 amide bonds. The van der Waals surface area contributed by atoms with E-state index in [0.29, 0.717) is 0 Å². The van der Waals surface area contributed by atoms with Crippen molar-refractivity contribution in [3.05, 3.63) is 215 Å². The van der Waals surface area contributed by atoms with E-state index >= 15 is 0 Å². The molecule has 66 heavy (non-hydrogen) atoms. The first-order chi connectivity index (χ1) is 31.1. The first-order valence-corrected chi connectivity index (χ1v) is 36.1. The average molecular weight is 1090 g/mol. The quantitative estimate of drug-likeness (QED) is 0.0581. The number of benzene rings is 6. The molecule has 0 N–H and O–H groups in total. The van der Waals surface area contributed by atoms with Gasteiger partial charge in [-0.15, -0.1) is 0 Å². The van der Waals surface area contributed by atoms with Crippen molar-refractivity contribution in [2.24, 2.45) is 0 Å². The van der Waals surface area contributed by atoms with Crippen molar-refractivity contribution in [3.63, 3.8) is 0 Å². The van der Waals surface area contributed by atoms with Crippen molar-refractivity contribution in [1.82, 2.24) is 0 Å². The summed E-state index contributed by atoms with van der Waals surface area (Å²) >= 11 is -5.20. The molecule has 0 aliphatic carbocycles. The van der Waals surface area contributed by atoms with Crippen LogP contribution >= 0.6 is 0 Å². The zero-order chi connectivity index (χ0) is 47.7. The second kappa shape index (κ2) is 22.1. The van der Waals surface area contributed by atoms with Crippen molar-refractivity contribution in [1.29, 1.82) is 0 Å². The molecular formula is C63H82OSn2. The molecule has 0 fully saturated rings. The Morgan fingerprint density at radius 1 is 0.303 bits per heavy atom. The van der Waals surface area contributed by atoms with E-state index in [1.54, 1.807) is 0 Å². The van der Waals surface area contributed by atoms with Gasteiger partial charge in [0.25, 0.3) is 0 Å². The fourth-order valence-electron chi connectivity index (χ4n) is 11.2. The van der Waals surface area contributed by atoms with E-state index in [9.17, 15) is 0 Å². The summed E-state index contributed by atoms with van der Waals surface area (Å²) in [6.07, 6.45) is 3.08. The first-order valence-electron chi connectivity index (χ1n) is 24.8. The van der Waals surface area contributed by atoms with Crippen LogP contribution in [0.3, 0.4) is 0 Å². The third-order valence-electron chi connectivity index (χ3n) is 14.8. The van der Waals surface area contributed by atoms with Gasteiger partial charge < -0.3 is 0 Å². The monoisotopic (exact) mass is 1090 g/mol. The summed E-state index contributed by atoms with van der Waals surface area (Å²) in [5, 5.41) is 0. The van der Waals surface area contributed by atoms with Gasteiger partial charge in [0.05, 0.1) is 0 Å². The molecule has 6 rings (SSSR count). The summed E-state index contributed by atoms with van der Waals surface area (Å²) < 4.78 is 14.8. The molecule has 0 unspecified atom stereocenters. The Bertz CT molecular complexity index is 2170. The second-order valence-electron chi connectivity index (χ2n) is 23.6. The van der Waals surface area contributed by atoms with Crippen LogP contribution in [0, 0.1) is 0 Å². The van der Waals surface area contributed by atoms with Crippen LogP contribution in [0.1, 0.15) is 136 Å². The summed E-state index contributed by atoms with van der Waals surface area (Å²) in [5.74, 6) is 0. The van der Waals surface area contributed by atoms with E-state index in [4.69, 9.17) is 3.07 Å². The fourth-order valence-corrected chi connectivity index (χ4v) is 33.2. The standard InChI is InChI=1S/C23H30O.4C10H13.2Sn/c1-6-23(24,17-21(2,3)19-13-9-7-10-14-19)18-22(4,5)20-15-11-8-12-16-20;4*1-10(2,3)9-7-5-4-6-8-9;;/h7-16H,1,6,17-18H2,2-5H3;4*4-8H,1H2,2-3H3;;/q-1;;;;;;+1. The third-order valence-corrected chi connectivity index (χ3v) is 34.8. The Hall–Kier alpha value is -3.12. The van der Waals surface area contributed by atoms with Crippen LogP contribution in [0.2, 0.25) is 22.2 Å². The van der Waals surface area contributed by atoms with Crippen LogP contribution in [0.15, 0.2) is 182 Å². The Labute approximate surface area is 417 Å². The molecule has 0 aromatic heterocycles. The molecule has 0 aliphatic rings. The molecule has 0 heterocycles. The predicted molar refractivity (Wildman–Crippen MR) is 290 cm³/mol. The topological polar surface area (TPSA) is 9.23 Å². The normalized spacial score (nSPS) is 13.4. The Morgan fingerprint density at radius 3 is 0.788 bits per heavy atom. The predicted octanol–water partition coefficient (Wildman–Crippen LogP) is 17.3. The van der Waals surface area contributed by atoms with E-state index in [1.807, 2.05) is 0 Å². The van der Waals surface area contributed by atoms with Gasteiger partial charge in [0.2, 0.25) is 0 Å². The molecule has 348 valence electrons. The Balaban J connectivity index is 1.52. The zero-order valence-electron chi connectivity index (χ0n) is 42.9. The molecule has 3 heteroatoms. The summed E-state index contributed by atoms with van der Waals surface area (Å²) in [7, 11) is 0. The zero-order valence-corrected chi connectivity index (χ0v) is 48.6. The van der Waals surface area contributed by atoms with Crippen LogP contribution in [0.5, 0.6) is 0 Å². The van der Waals surface area contributed by atoms with E-state index in [1.165, 1.54) is 46.7 Å². The van der Waals surface area contributed by atoms with Crippen LogP contribution in [-0.2, 0) is 35.6 Å². The van der Waals surface area contributed by atoms with Gasteiger partial charge in [-0.25, -0.2) is 0 Å². The van der Waals surface area contributed by atoms with Gasteiger partial charge in [-0.3, -0.25) is 0 Å². The molecule has 6 aromatic rings. The molecule has 0 spiro atoms. The maximum absolute atomic E-state index is 8.68. The summed E-state index contributed by atoms with van der Waals surface area (Å²) in [4.78, 5) is 0. The number of rotatable bonds is 23. The summed E-state index contributed by atoms with van der Waals surface area (Å²) in [6, 6.07) is 68.3. The van der Waals surface area contributed by atoms with Gasteiger partial charge in [0, 0.05) is 0 Å². The summed E-state index contributed by atoms with van der Waals surface area (Å²) in [5.41, 5.74) is 8.21. The molecule has 0 atom stereocenters. The van der Waals surface area contributed by atoms with Crippen molar-refractivity contribution in [2.45, 2.75) is 163 Å². The van der Waals surface area contributed by atoms with E-state index in [0.717, 1.165) is 28.1 Å². The van der Waals surface area contributed by atoms with Gasteiger partial charge >= 0.3 is 421 Å². The first kappa shape index (κ1) is 52.3. The fraction of sp³-hybridized carbons (Fsp3) is 0.429. The number of hydrogen-bond donors (Lipinski definition) is 0. The van der Waals surface area contributed by atoms with E-state index in [2.05, 4.69) is 265 Å². The van der Waals surface area contributed by atoms with Crippen molar-refractivity contribution >= 4 is 39.9 Å². The SMILES string of the molecule is CC(C)([CH2][Sn]([CH2]CC(CC(C)(C)c1ccccc1)(CC(C)(C)c1ccccc1)[O][Sn]([CH2]C(C)(C)c1ccccc1)[CH2]C(C)(C)c1ccccc1)[CH2]C(C)(C)c1ccccc1)c1ccccc1. The molecule has 0 saturated heterocycles. The van der Waals surface area contributed by atoms with Crippen LogP contribution in [-0.4, -0.2) is 45.5 Å². The average Bonchev–Trinajstić information content (AvgIpc) is 3.29. The molecule has 6 aromatic carbocycles. The minimum atomic E-state index is -2.89. The van der Waals surface area contributed by atoms with Gasteiger partial charge in [0.15, 0.2) is 0 Å². The van der Waals surface area contributed by atoms with Gasteiger partial charge in [-0.2, -0.15) is 0 Å². The van der Waals surface area contributed by atoms with E-state index < -0.39 is 39.9 Å². The molecule has 2 radical (unpaired) electrons. The Morgan fingerprint density at radius 2 is 0.530 bits per heavy atom. The van der Waals surface area contributed by atoms with Crippen LogP contribution in [0.4, 0.5) is 0 Å². The van der Waals surface area contributed by atoms with E-state index in [-0.39, 0.29) is 38.1 Å². The molecular weight excluding hydrogens is 1010 g/mol. The third kappa shape index (κ3) is 14.2. The maximum atomic E-state index is 8.68. The second-order valence-corrected chi connectivity index (χ2v) is 37.0. The summed E-state index contributed by atoms with van der Waals surface area (Å²) in [6.45, 7) is 30.1. The number of hydrogen-bond acceptors (Lipinski definition) is 1. The van der Waals surface area contributed by atoms with Gasteiger partial charge in [-0.1, -0.05) is 0 Å². The van der Waals surface area contributed by atoms with Crippen molar-refractivity contribution in [2.75, 3.05) is 0 Å². The molecule has 1 nitrogen and oxygen atoms in total. The Kier molecular flexibility index (Phi) is 17.5. The van der Waals surface area contributed by atoms with Gasteiger partial charge in [-0.05, 0) is 0 Å². The minimum absolute atomic E-state index is 0.0151. The molecule has 0 bridgehead atoms. The molecule has 0 aliphatic heterocycles. The van der Waals surface area contributed by atoms with Crippen LogP contribution < -0.4 is 0 Å². The molecule has 0 saturated carbocycles. The van der Waals surface area contributed by atoms with Crippen molar-refractivity contribution in [3.8, 4) is 0 Å². The van der Waals surface area contributed by atoms with Crippen LogP contribution in [0.25, 0.3) is 0 Å².